The summed E-state index contributed by atoms with van der Waals surface area (Å²) in [7, 11) is 0. The van der Waals surface area contributed by atoms with Crippen LogP contribution in [0.1, 0.15) is 0 Å². The third-order valence-corrected chi connectivity index (χ3v) is 4.03. The van der Waals surface area contributed by atoms with Crippen LogP contribution in [0, 0.1) is 0 Å². The van der Waals surface area contributed by atoms with Gasteiger partial charge in [0.25, 0.3) is 0 Å². The standard InChI is InChI=1S/C10H13Cl2N3OS/c11-9-8(7-13-10(12)14-9)17-6-3-15-1-4-16-5-2-15/h7H,1-6H2. The van der Waals surface area contributed by atoms with E-state index >= 15 is 0 Å². The number of rotatable bonds is 4. The summed E-state index contributed by atoms with van der Waals surface area (Å²) in [5.41, 5.74) is 0. The van der Waals surface area contributed by atoms with E-state index in [0.717, 1.165) is 43.5 Å². The van der Waals surface area contributed by atoms with Gasteiger partial charge in [0.05, 0.1) is 18.1 Å². The van der Waals surface area contributed by atoms with Crippen molar-refractivity contribution < 1.29 is 4.74 Å². The summed E-state index contributed by atoms with van der Waals surface area (Å²) in [4.78, 5) is 11.1. The molecular weight excluding hydrogens is 281 g/mol. The number of hydrogen-bond acceptors (Lipinski definition) is 5. The molecule has 0 aromatic carbocycles. The van der Waals surface area contributed by atoms with Crippen LogP contribution in [0.15, 0.2) is 11.1 Å². The van der Waals surface area contributed by atoms with Crippen LogP contribution in [0.5, 0.6) is 0 Å². The minimum Gasteiger partial charge on any atom is -0.379 e. The normalized spacial score (nSPS) is 17.3. The maximum Gasteiger partial charge on any atom is 0.223 e. The van der Waals surface area contributed by atoms with E-state index in [-0.39, 0.29) is 5.28 Å². The van der Waals surface area contributed by atoms with Gasteiger partial charge in [0.15, 0.2) is 0 Å². The quantitative estimate of drug-likeness (QED) is 0.483. The van der Waals surface area contributed by atoms with Crippen molar-refractivity contribution >= 4 is 35.0 Å². The molecule has 1 aliphatic heterocycles. The van der Waals surface area contributed by atoms with Gasteiger partial charge in [-0.2, -0.15) is 0 Å². The smallest absolute Gasteiger partial charge is 0.223 e. The van der Waals surface area contributed by atoms with Crippen LogP contribution < -0.4 is 0 Å². The molecule has 2 heterocycles. The van der Waals surface area contributed by atoms with Gasteiger partial charge >= 0.3 is 0 Å². The average Bonchev–Trinajstić information content (AvgIpc) is 2.33. The van der Waals surface area contributed by atoms with Gasteiger partial charge in [-0.1, -0.05) is 11.6 Å². The molecule has 1 aliphatic rings. The first-order valence-corrected chi connectivity index (χ1v) is 7.11. The molecule has 0 unspecified atom stereocenters. The molecule has 2 rings (SSSR count). The van der Waals surface area contributed by atoms with Gasteiger partial charge in [0.2, 0.25) is 5.28 Å². The second-order valence-electron chi connectivity index (χ2n) is 3.60. The highest BCUT2D eigenvalue weighted by Crippen LogP contribution is 2.25. The summed E-state index contributed by atoms with van der Waals surface area (Å²) in [6.45, 7) is 4.69. The molecule has 0 amide bonds. The first-order valence-electron chi connectivity index (χ1n) is 5.36. The molecule has 0 saturated carbocycles. The van der Waals surface area contributed by atoms with Crippen LogP contribution >= 0.6 is 35.0 Å². The molecule has 1 aromatic heterocycles. The molecule has 7 heteroatoms. The number of aromatic nitrogens is 2. The zero-order valence-electron chi connectivity index (χ0n) is 9.23. The largest absolute Gasteiger partial charge is 0.379 e. The molecule has 94 valence electrons. The number of hydrogen-bond donors (Lipinski definition) is 0. The molecule has 17 heavy (non-hydrogen) atoms. The molecule has 1 aromatic rings. The molecule has 0 N–H and O–H groups in total. The van der Waals surface area contributed by atoms with E-state index in [1.165, 1.54) is 0 Å². The summed E-state index contributed by atoms with van der Waals surface area (Å²) in [5.74, 6) is 0.963. The molecule has 1 saturated heterocycles. The number of halogens is 2. The summed E-state index contributed by atoms with van der Waals surface area (Å²) >= 11 is 13.2. The van der Waals surface area contributed by atoms with Crippen molar-refractivity contribution in [3.63, 3.8) is 0 Å². The van der Waals surface area contributed by atoms with Crippen molar-refractivity contribution in [2.24, 2.45) is 0 Å². The van der Waals surface area contributed by atoms with Crippen molar-refractivity contribution in [2.75, 3.05) is 38.6 Å². The highest BCUT2D eigenvalue weighted by Gasteiger charge is 2.10. The molecule has 1 fully saturated rings. The second-order valence-corrected chi connectivity index (χ2v) is 5.43. The van der Waals surface area contributed by atoms with Crippen LogP contribution in [-0.4, -0.2) is 53.5 Å². The van der Waals surface area contributed by atoms with Crippen molar-refractivity contribution in [1.29, 1.82) is 0 Å². The summed E-state index contributed by atoms with van der Waals surface area (Å²) < 4.78 is 5.29. The van der Waals surface area contributed by atoms with Gasteiger partial charge in [-0.15, -0.1) is 11.8 Å². The highest BCUT2D eigenvalue weighted by atomic mass is 35.5. The van der Waals surface area contributed by atoms with Crippen LogP contribution in [-0.2, 0) is 4.74 Å². The summed E-state index contributed by atoms with van der Waals surface area (Å²) in [5, 5.41) is 0.615. The van der Waals surface area contributed by atoms with E-state index in [1.807, 2.05) is 0 Å². The predicted octanol–water partition coefficient (Wildman–Crippen LogP) is 2.21. The predicted molar refractivity (Wildman–Crippen MR) is 70.0 cm³/mol. The Morgan fingerprint density at radius 1 is 1.35 bits per heavy atom. The Balaban J connectivity index is 1.77. The van der Waals surface area contributed by atoms with Crippen LogP contribution in [0.2, 0.25) is 10.4 Å². The minimum atomic E-state index is 0.188. The SMILES string of the molecule is Clc1ncc(SCCN2CCOCC2)c(Cl)n1. The first-order chi connectivity index (χ1) is 8.25. The Hall–Kier alpha value is -0.0700. The third kappa shape index (κ3) is 4.26. The maximum atomic E-state index is 5.96. The number of thioether (sulfide) groups is 1. The van der Waals surface area contributed by atoms with Gasteiger partial charge in [0, 0.05) is 31.6 Å². The Morgan fingerprint density at radius 2 is 2.12 bits per heavy atom. The Kier molecular flexibility index (Phi) is 5.31. The molecule has 0 radical (unpaired) electrons. The maximum absolute atomic E-state index is 5.96. The number of nitrogens with zero attached hydrogens (tertiary/aromatic N) is 3. The lowest BCUT2D eigenvalue weighted by atomic mass is 10.4. The van der Waals surface area contributed by atoms with Crippen molar-refractivity contribution in [3.8, 4) is 0 Å². The monoisotopic (exact) mass is 293 g/mol. The molecule has 0 bridgehead atoms. The lowest BCUT2D eigenvalue weighted by Gasteiger charge is -2.26. The number of morpholine rings is 1. The van der Waals surface area contributed by atoms with Gasteiger partial charge in [0.1, 0.15) is 5.15 Å². The topological polar surface area (TPSA) is 38.2 Å². The van der Waals surface area contributed by atoms with Gasteiger partial charge in [-0.3, -0.25) is 4.90 Å². The van der Waals surface area contributed by atoms with Crippen molar-refractivity contribution in [2.45, 2.75) is 4.90 Å². The fourth-order valence-corrected chi connectivity index (χ4v) is 2.87. The number of ether oxygens (including phenoxy) is 1. The van der Waals surface area contributed by atoms with E-state index in [2.05, 4.69) is 14.9 Å². The lowest BCUT2D eigenvalue weighted by Crippen LogP contribution is -2.37. The molecule has 0 spiro atoms. The lowest BCUT2D eigenvalue weighted by molar-refractivity contribution is 0.0410. The van der Waals surface area contributed by atoms with E-state index in [1.54, 1.807) is 18.0 Å². The van der Waals surface area contributed by atoms with Gasteiger partial charge in [-0.05, 0) is 11.6 Å². The van der Waals surface area contributed by atoms with Crippen molar-refractivity contribution in [1.82, 2.24) is 14.9 Å². The fraction of sp³-hybridized carbons (Fsp3) is 0.600. The van der Waals surface area contributed by atoms with E-state index in [9.17, 15) is 0 Å². The van der Waals surface area contributed by atoms with Gasteiger partial charge in [-0.25, -0.2) is 9.97 Å². The average molecular weight is 294 g/mol. The summed E-state index contributed by atoms with van der Waals surface area (Å²) in [6.07, 6.45) is 1.67. The molecular formula is C10H13Cl2N3OS. The van der Waals surface area contributed by atoms with Gasteiger partial charge < -0.3 is 4.74 Å². The van der Waals surface area contributed by atoms with E-state index in [0.29, 0.717) is 5.15 Å². The minimum absolute atomic E-state index is 0.188. The van der Waals surface area contributed by atoms with Crippen LogP contribution in [0.25, 0.3) is 0 Å². The van der Waals surface area contributed by atoms with E-state index in [4.69, 9.17) is 27.9 Å². The second kappa shape index (κ2) is 6.75. The fourth-order valence-electron chi connectivity index (χ4n) is 1.54. The molecule has 0 atom stereocenters. The molecule has 4 nitrogen and oxygen atoms in total. The first kappa shape index (κ1) is 13.4. The van der Waals surface area contributed by atoms with Crippen LogP contribution in [0.4, 0.5) is 0 Å². The van der Waals surface area contributed by atoms with Crippen molar-refractivity contribution in [3.05, 3.63) is 16.6 Å². The third-order valence-electron chi connectivity index (χ3n) is 2.45. The van der Waals surface area contributed by atoms with E-state index < -0.39 is 0 Å². The molecule has 0 aliphatic carbocycles. The Morgan fingerprint density at radius 3 is 2.82 bits per heavy atom. The Labute approximate surface area is 115 Å². The zero-order valence-corrected chi connectivity index (χ0v) is 11.6. The summed E-state index contributed by atoms with van der Waals surface area (Å²) in [6, 6.07) is 0. The highest BCUT2D eigenvalue weighted by molar-refractivity contribution is 7.99. The Bertz CT molecular complexity index is 375. The zero-order chi connectivity index (χ0) is 12.1. The van der Waals surface area contributed by atoms with Crippen LogP contribution in [0.3, 0.4) is 0 Å².